The minimum atomic E-state index is -0.346. The van der Waals surface area contributed by atoms with Gasteiger partial charge < -0.3 is 9.84 Å². The van der Waals surface area contributed by atoms with E-state index in [1.165, 1.54) is 18.3 Å². The molecule has 0 aliphatic rings. The number of hydrogen-bond donors (Lipinski definition) is 1. The highest BCUT2D eigenvalue weighted by atomic mass is 35.5. The summed E-state index contributed by atoms with van der Waals surface area (Å²) in [5.74, 6) is 0.279. The zero-order chi connectivity index (χ0) is 19.5. The Morgan fingerprint density at radius 2 is 1.86 bits per heavy atom. The molecule has 1 N–H and O–H groups in total. The van der Waals surface area contributed by atoms with Crippen LogP contribution in [0.5, 0.6) is 0 Å². The smallest absolute Gasteiger partial charge is 0.258 e. The number of amides is 1. The molecule has 0 saturated heterocycles. The molecule has 1 amide bonds. The molecule has 0 aliphatic heterocycles. The van der Waals surface area contributed by atoms with Gasteiger partial charge in [0.1, 0.15) is 11.6 Å². The first-order valence-electron chi connectivity index (χ1n) is 8.21. The zero-order valence-corrected chi connectivity index (χ0v) is 15.0. The van der Waals surface area contributed by atoms with Gasteiger partial charge in [-0.1, -0.05) is 22.8 Å². The maximum absolute atomic E-state index is 13.1. The third kappa shape index (κ3) is 3.89. The summed E-state index contributed by atoms with van der Waals surface area (Å²) in [5.41, 5.74) is 1.60. The minimum absolute atomic E-state index is 0.249. The fraction of sp³-hybridized carbons (Fsp3) is 0. The van der Waals surface area contributed by atoms with E-state index in [4.69, 9.17) is 16.1 Å². The van der Waals surface area contributed by atoms with Gasteiger partial charge in [0.05, 0.1) is 5.02 Å². The molecular formula is C20H12ClFN4O2. The molecule has 0 fully saturated rings. The average molecular weight is 395 g/mol. The van der Waals surface area contributed by atoms with E-state index < -0.39 is 0 Å². The zero-order valence-electron chi connectivity index (χ0n) is 14.3. The highest BCUT2D eigenvalue weighted by Gasteiger charge is 2.13. The summed E-state index contributed by atoms with van der Waals surface area (Å²) in [6.45, 7) is 0. The van der Waals surface area contributed by atoms with E-state index in [9.17, 15) is 9.18 Å². The number of nitrogens with one attached hydrogen (secondary N) is 1. The highest BCUT2D eigenvalue weighted by molar-refractivity contribution is 6.30. The van der Waals surface area contributed by atoms with Crippen LogP contribution in [-0.4, -0.2) is 21.0 Å². The Morgan fingerprint density at radius 1 is 1.04 bits per heavy atom. The van der Waals surface area contributed by atoms with Crippen LogP contribution in [-0.2, 0) is 0 Å². The molecule has 2 heterocycles. The molecule has 28 heavy (non-hydrogen) atoms. The Hall–Kier alpha value is -3.58. The molecule has 4 aromatic rings. The molecule has 0 aliphatic carbocycles. The molecular weight excluding hydrogens is 383 g/mol. The van der Waals surface area contributed by atoms with Crippen molar-refractivity contribution in [2.45, 2.75) is 0 Å². The Bertz CT molecular complexity index is 1130. The summed E-state index contributed by atoms with van der Waals surface area (Å²) in [6.07, 6.45) is 1.45. The Kier molecular flexibility index (Phi) is 4.82. The van der Waals surface area contributed by atoms with Crippen LogP contribution >= 0.6 is 11.6 Å². The van der Waals surface area contributed by atoms with Gasteiger partial charge in [0.15, 0.2) is 0 Å². The number of nitrogens with zero attached hydrogens (tertiary/aromatic N) is 3. The number of pyridine rings is 1. The van der Waals surface area contributed by atoms with Crippen LogP contribution in [0, 0.1) is 5.82 Å². The molecule has 2 aromatic heterocycles. The van der Waals surface area contributed by atoms with Crippen LogP contribution in [0.1, 0.15) is 10.4 Å². The minimum Gasteiger partial charge on any atom is -0.334 e. The second-order valence-corrected chi connectivity index (χ2v) is 6.26. The molecule has 2 aromatic carbocycles. The van der Waals surface area contributed by atoms with E-state index >= 15 is 0 Å². The fourth-order valence-corrected chi connectivity index (χ4v) is 2.60. The number of carbonyl (C=O) groups is 1. The van der Waals surface area contributed by atoms with Crippen LogP contribution in [0.2, 0.25) is 5.02 Å². The third-order valence-corrected chi connectivity index (χ3v) is 4.09. The second kappa shape index (κ2) is 7.58. The third-order valence-electron chi connectivity index (χ3n) is 3.87. The first-order chi connectivity index (χ1) is 13.6. The average Bonchev–Trinajstić information content (AvgIpc) is 3.21. The summed E-state index contributed by atoms with van der Waals surface area (Å²) >= 11 is 5.79. The van der Waals surface area contributed by atoms with Gasteiger partial charge in [-0.2, -0.15) is 4.98 Å². The fourth-order valence-electron chi connectivity index (χ4n) is 2.49. The molecule has 0 bridgehead atoms. The van der Waals surface area contributed by atoms with Crippen molar-refractivity contribution in [3.05, 3.63) is 83.3 Å². The van der Waals surface area contributed by atoms with Crippen LogP contribution in [0.25, 0.3) is 22.8 Å². The quantitative estimate of drug-likeness (QED) is 0.535. The summed E-state index contributed by atoms with van der Waals surface area (Å²) < 4.78 is 18.3. The Balaban J connectivity index is 1.56. The van der Waals surface area contributed by atoms with E-state index in [0.29, 0.717) is 33.4 Å². The number of anilines is 1. The largest absolute Gasteiger partial charge is 0.334 e. The SMILES string of the molecule is O=C(Nc1ccc(Cl)cn1)c1cccc(-c2nc(-c3ccc(F)cc3)no2)c1. The first-order valence-corrected chi connectivity index (χ1v) is 8.59. The van der Waals surface area contributed by atoms with E-state index in [2.05, 4.69) is 20.4 Å². The van der Waals surface area contributed by atoms with Gasteiger partial charge in [0.25, 0.3) is 11.8 Å². The maximum Gasteiger partial charge on any atom is 0.258 e. The van der Waals surface area contributed by atoms with Crippen molar-refractivity contribution >= 4 is 23.3 Å². The lowest BCUT2D eigenvalue weighted by atomic mass is 10.1. The molecule has 0 atom stereocenters. The van der Waals surface area contributed by atoms with E-state index in [0.717, 1.165) is 0 Å². The lowest BCUT2D eigenvalue weighted by Crippen LogP contribution is -2.12. The van der Waals surface area contributed by atoms with E-state index in [1.54, 1.807) is 48.5 Å². The summed E-state index contributed by atoms with van der Waals surface area (Å²) in [6, 6.07) is 15.8. The number of benzene rings is 2. The van der Waals surface area contributed by atoms with Gasteiger partial charge in [0, 0.05) is 22.9 Å². The van der Waals surface area contributed by atoms with E-state index in [-0.39, 0.29) is 17.6 Å². The molecule has 138 valence electrons. The monoisotopic (exact) mass is 394 g/mol. The molecule has 0 saturated carbocycles. The highest BCUT2D eigenvalue weighted by Crippen LogP contribution is 2.23. The normalized spacial score (nSPS) is 10.6. The van der Waals surface area contributed by atoms with Gasteiger partial charge >= 0.3 is 0 Å². The van der Waals surface area contributed by atoms with Crippen LogP contribution in [0.4, 0.5) is 10.2 Å². The second-order valence-electron chi connectivity index (χ2n) is 5.83. The van der Waals surface area contributed by atoms with Crippen molar-refractivity contribution < 1.29 is 13.7 Å². The molecule has 0 spiro atoms. The van der Waals surface area contributed by atoms with Gasteiger partial charge in [-0.3, -0.25) is 4.79 Å². The molecule has 0 radical (unpaired) electrons. The number of hydrogen-bond acceptors (Lipinski definition) is 5. The topological polar surface area (TPSA) is 80.9 Å². The van der Waals surface area contributed by atoms with Crippen LogP contribution < -0.4 is 5.32 Å². The Morgan fingerprint density at radius 3 is 2.61 bits per heavy atom. The summed E-state index contributed by atoms with van der Waals surface area (Å²) in [4.78, 5) is 20.8. The van der Waals surface area contributed by atoms with Gasteiger partial charge in [-0.25, -0.2) is 9.37 Å². The number of carbonyl (C=O) groups excluding carboxylic acids is 1. The van der Waals surface area contributed by atoms with Crippen LogP contribution in [0.15, 0.2) is 71.4 Å². The van der Waals surface area contributed by atoms with Crippen molar-refractivity contribution in [1.29, 1.82) is 0 Å². The predicted molar refractivity (Wildman–Crippen MR) is 102 cm³/mol. The van der Waals surface area contributed by atoms with Crippen molar-refractivity contribution in [2.75, 3.05) is 5.32 Å². The van der Waals surface area contributed by atoms with Gasteiger partial charge in [0.2, 0.25) is 5.82 Å². The molecule has 0 unspecified atom stereocenters. The van der Waals surface area contributed by atoms with Crippen molar-refractivity contribution in [3.63, 3.8) is 0 Å². The number of rotatable bonds is 4. The first kappa shape index (κ1) is 17.8. The molecule has 6 nitrogen and oxygen atoms in total. The van der Waals surface area contributed by atoms with E-state index in [1.807, 2.05) is 0 Å². The van der Waals surface area contributed by atoms with Crippen molar-refractivity contribution in [3.8, 4) is 22.8 Å². The summed E-state index contributed by atoms with van der Waals surface area (Å²) in [5, 5.41) is 7.08. The number of halogens is 2. The lowest BCUT2D eigenvalue weighted by Gasteiger charge is -2.05. The maximum atomic E-state index is 13.1. The Labute approximate surface area is 164 Å². The summed E-state index contributed by atoms with van der Waals surface area (Å²) in [7, 11) is 0. The van der Waals surface area contributed by atoms with Gasteiger partial charge in [-0.05, 0) is 54.6 Å². The van der Waals surface area contributed by atoms with Crippen molar-refractivity contribution in [1.82, 2.24) is 15.1 Å². The molecule has 8 heteroatoms. The predicted octanol–water partition coefficient (Wildman–Crippen LogP) is 4.84. The van der Waals surface area contributed by atoms with Gasteiger partial charge in [-0.15, -0.1) is 0 Å². The number of aromatic nitrogens is 3. The standard InChI is InChI=1S/C20H12ClFN4O2/c21-15-6-9-17(23-11-15)24-19(27)13-2-1-3-14(10-13)20-25-18(26-28-20)12-4-7-16(22)8-5-12/h1-11H,(H,23,24,27). The van der Waals surface area contributed by atoms with Crippen LogP contribution in [0.3, 0.4) is 0 Å². The molecule has 4 rings (SSSR count). The lowest BCUT2D eigenvalue weighted by molar-refractivity contribution is 0.102. The van der Waals surface area contributed by atoms with Crippen molar-refractivity contribution in [2.24, 2.45) is 0 Å².